The molecule has 0 saturated heterocycles. The zero-order chi connectivity index (χ0) is 13.7. The van der Waals surface area contributed by atoms with Gasteiger partial charge in [-0.25, -0.2) is 0 Å². The molecule has 1 aromatic rings. The lowest BCUT2D eigenvalue weighted by atomic mass is 9.76. The fraction of sp³-hybridized carbons (Fsp3) is 0.588. The Bertz CT molecular complexity index is 465. The standard InChI is InChI=1S/C17H23NO/c1-14-7-8-16(19-2)15(11-14)12-17(13-18)9-5-3-4-6-10-17/h7-8,11H,3-6,9-10,12H2,1-2H3. The number of nitrogens with zero attached hydrogens (tertiary/aromatic N) is 1. The summed E-state index contributed by atoms with van der Waals surface area (Å²) in [7, 11) is 1.71. The Hall–Kier alpha value is -1.49. The molecule has 1 fully saturated rings. The van der Waals surface area contributed by atoms with Gasteiger partial charge in [0.15, 0.2) is 0 Å². The van der Waals surface area contributed by atoms with Crippen molar-refractivity contribution in [1.29, 1.82) is 5.26 Å². The largest absolute Gasteiger partial charge is 0.496 e. The molecule has 0 aliphatic heterocycles. The second-order valence-corrected chi connectivity index (χ2v) is 5.80. The van der Waals surface area contributed by atoms with E-state index in [0.29, 0.717) is 0 Å². The molecule has 1 aliphatic rings. The van der Waals surface area contributed by atoms with Crippen LogP contribution >= 0.6 is 0 Å². The Morgan fingerprint density at radius 3 is 2.47 bits per heavy atom. The second-order valence-electron chi connectivity index (χ2n) is 5.80. The van der Waals surface area contributed by atoms with E-state index in [1.54, 1.807) is 7.11 Å². The summed E-state index contributed by atoms with van der Waals surface area (Å²) in [5.74, 6) is 0.921. The van der Waals surface area contributed by atoms with Crippen LogP contribution < -0.4 is 4.74 Å². The summed E-state index contributed by atoms with van der Waals surface area (Å²) in [4.78, 5) is 0. The van der Waals surface area contributed by atoms with E-state index in [-0.39, 0.29) is 5.41 Å². The topological polar surface area (TPSA) is 33.0 Å². The minimum absolute atomic E-state index is 0.183. The Balaban J connectivity index is 2.27. The maximum Gasteiger partial charge on any atom is 0.122 e. The van der Waals surface area contributed by atoms with Crippen LogP contribution in [0.2, 0.25) is 0 Å². The number of benzene rings is 1. The van der Waals surface area contributed by atoms with Crippen LogP contribution in [-0.2, 0) is 6.42 Å². The van der Waals surface area contributed by atoms with Gasteiger partial charge in [-0.1, -0.05) is 43.4 Å². The number of methoxy groups -OCH3 is 1. The van der Waals surface area contributed by atoms with Gasteiger partial charge in [0.05, 0.1) is 18.6 Å². The fourth-order valence-electron chi connectivity index (χ4n) is 3.14. The molecular formula is C17H23NO. The van der Waals surface area contributed by atoms with Crippen molar-refractivity contribution in [2.45, 2.75) is 51.9 Å². The van der Waals surface area contributed by atoms with E-state index in [2.05, 4.69) is 25.1 Å². The molecular weight excluding hydrogens is 234 g/mol. The van der Waals surface area contributed by atoms with Crippen LogP contribution in [0, 0.1) is 23.7 Å². The zero-order valence-corrected chi connectivity index (χ0v) is 12.0. The molecule has 0 amide bonds. The molecule has 0 unspecified atom stereocenters. The molecule has 1 aliphatic carbocycles. The van der Waals surface area contributed by atoms with Gasteiger partial charge in [-0.05, 0) is 37.8 Å². The first kappa shape index (κ1) is 13.9. The number of hydrogen-bond donors (Lipinski definition) is 0. The van der Waals surface area contributed by atoms with Crippen LogP contribution in [0.4, 0.5) is 0 Å². The number of rotatable bonds is 3. The summed E-state index contributed by atoms with van der Waals surface area (Å²) in [6, 6.07) is 8.87. The maximum atomic E-state index is 9.67. The average Bonchev–Trinajstić information content (AvgIpc) is 2.65. The third-order valence-corrected chi connectivity index (χ3v) is 4.26. The quantitative estimate of drug-likeness (QED) is 0.751. The predicted octanol–water partition coefficient (Wildman–Crippen LogP) is 4.41. The highest BCUT2D eigenvalue weighted by Crippen LogP contribution is 2.39. The minimum Gasteiger partial charge on any atom is -0.496 e. The molecule has 19 heavy (non-hydrogen) atoms. The van der Waals surface area contributed by atoms with E-state index in [1.165, 1.54) is 36.8 Å². The Morgan fingerprint density at radius 2 is 1.89 bits per heavy atom. The highest BCUT2D eigenvalue weighted by atomic mass is 16.5. The van der Waals surface area contributed by atoms with E-state index in [1.807, 2.05) is 6.07 Å². The predicted molar refractivity (Wildman–Crippen MR) is 77.2 cm³/mol. The van der Waals surface area contributed by atoms with Crippen molar-refractivity contribution in [2.24, 2.45) is 5.41 Å². The van der Waals surface area contributed by atoms with E-state index in [0.717, 1.165) is 25.0 Å². The first-order valence-corrected chi connectivity index (χ1v) is 7.24. The minimum atomic E-state index is -0.183. The van der Waals surface area contributed by atoms with Crippen LogP contribution in [0.5, 0.6) is 5.75 Å². The Labute approximate surface area is 116 Å². The summed E-state index contributed by atoms with van der Waals surface area (Å²) in [6.45, 7) is 2.09. The van der Waals surface area contributed by atoms with Crippen molar-refractivity contribution >= 4 is 0 Å². The molecule has 1 saturated carbocycles. The molecule has 2 nitrogen and oxygen atoms in total. The molecule has 0 atom stereocenters. The van der Waals surface area contributed by atoms with Crippen molar-refractivity contribution in [3.63, 3.8) is 0 Å². The first-order valence-electron chi connectivity index (χ1n) is 7.24. The molecule has 0 heterocycles. The van der Waals surface area contributed by atoms with Gasteiger partial charge in [0.1, 0.15) is 5.75 Å². The summed E-state index contributed by atoms with van der Waals surface area (Å²) >= 11 is 0. The van der Waals surface area contributed by atoms with Crippen molar-refractivity contribution in [2.75, 3.05) is 7.11 Å². The SMILES string of the molecule is COc1ccc(C)cc1CC1(C#N)CCCCCC1. The molecule has 0 bridgehead atoms. The van der Waals surface area contributed by atoms with Crippen molar-refractivity contribution in [3.8, 4) is 11.8 Å². The van der Waals surface area contributed by atoms with Crippen LogP contribution in [0.15, 0.2) is 18.2 Å². The monoisotopic (exact) mass is 257 g/mol. The van der Waals surface area contributed by atoms with E-state index in [9.17, 15) is 5.26 Å². The average molecular weight is 257 g/mol. The van der Waals surface area contributed by atoms with Gasteiger partial charge in [0.25, 0.3) is 0 Å². The van der Waals surface area contributed by atoms with E-state index in [4.69, 9.17) is 4.74 Å². The number of hydrogen-bond acceptors (Lipinski definition) is 2. The molecule has 2 rings (SSSR count). The van der Waals surface area contributed by atoms with Gasteiger partial charge in [-0.3, -0.25) is 0 Å². The zero-order valence-electron chi connectivity index (χ0n) is 12.0. The lowest BCUT2D eigenvalue weighted by Gasteiger charge is -2.26. The van der Waals surface area contributed by atoms with Gasteiger partial charge < -0.3 is 4.74 Å². The molecule has 0 N–H and O–H groups in total. The lowest BCUT2D eigenvalue weighted by molar-refractivity contribution is 0.330. The van der Waals surface area contributed by atoms with E-state index >= 15 is 0 Å². The van der Waals surface area contributed by atoms with Gasteiger partial charge in [-0.15, -0.1) is 0 Å². The number of nitriles is 1. The Morgan fingerprint density at radius 1 is 1.21 bits per heavy atom. The van der Waals surface area contributed by atoms with Crippen molar-refractivity contribution in [1.82, 2.24) is 0 Å². The second kappa shape index (κ2) is 6.10. The lowest BCUT2D eigenvalue weighted by Crippen LogP contribution is -2.21. The third-order valence-electron chi connectivity index (χ3n) is 4.26. The van der Waals surface area contributed by atoms with Gasteiger partial charge in [-0.2, -0.15) is 5.26 Å². The molecule has 0 spiro atoms. The normalized spacial score (nSPS) is 18.4. The summed E-state index contributed by atoms with van der Waals surface area (Å²) in [6.07, 6.45) is 7.79. The first-order chi connectivity index (χ1) is 9.19. The fourth-order valence-corrected chi connectivity index (χ4v) is 3.14. The molecule has 2 heteroatoms. The van der Waals surface area contributed by atoms with Gasteiger partial charge >= 0.3 is 0 Å². The smallest absolute Gasteiger partial charge is 0.122 e. The molecule has 0 radical (unpaired) electrons. The number of ether oxygens (including phenoxy) is 1. The third kappa shape index (κ3) is 3.29. The molecule has 102 valence electrons. The van der Waals surface area contributed by atoms with Crippen LogP contribution in [0.3, 0.4) is 0 Å². The van der Waals surface area contributed by atoms with Crippen LogP contribution in [-0.4, -0.2) is 7.11 Å². The molecule has 0 aromatic heterocycles. The summed E-state index contributed by atoms with van der Waals surface area (Å²) in [5.41, 5.74) is 2.24. The van der Waals surface area contributed by atoms with E-state index < -0.39 is 0 Å². The van der Waals surface area contributed by atoms with Crippen LogP contribution in [0.1, 0.15) is 49.7 Å². The van der Waals surface area contributed by atoms with Gasteiger partial charge in [0, 0.05) is 0 Å². The van der Waals surface area contributed by atoms with Crippen molar-refractivity contribution in [3.05, 3.63) is 29.3 Å². The van der Waals surface area contributed by atoms with Gasteiger partial charge in [0.2, 0.25) is 0 Å². The van der Waals surface area contributed by atoms with Crippen LogP contribution in [0.25, 0.3) is 0 Å². The highest BCUT2D eigenvalue weighted by Gasteiger charge is 2.32. The maximum absolute atomic E-state index is 9.67. The molecule has 1 aromatic carbocycles. The number of aryl methyl sites for hydroxylation is 1. The Kier molecular flexibility index (Phi) is 4.47. The highest BCUT2D eigenvalue weighted by molar-refractivity contribution is 5.38. The summed E-state index contributed by atoms with van der Waals surface area (Å²) in [5, 5.41) is 9.67. The van der Waals surface area contributed by atoms with Crippen molar-refractivity contribution < 1.29 is 4.74 Å². The summed E-state index contributed by atoms with van der Waals surface area (Å²) < 4.78 is 5.45.